The van der Waals surface area contributed by atoms with E-state index in [9.17, 15) is 4.79 Å². The van der Waals surface area contributed by atoms with Crippen molar-refractivity contribution in [2.24, 2.45) is 7.05 Å². The molecule has 0 saturated heterocycles. The van der Waals surface area contributed by atoms with Gasteiger partial charge in [0.05, 0.1) is 11.9 Å². The molecule has 0 aliphatic carbocycles. The van der Waals surface area contributed by atoms with E-state index in [1.165, 1.54) is 6.20 Å². The predicted molar refractivity (Wildman–Crippen MR) is 52.5 cm³/mol. The fourth-order valence-electron chi connectivity index (χ4n) is 1.38. The summed E-state index contributed by atoms with van der Waals surface area (Å²) in [7, 11) is 1.83. The third-order valence-electron chi connectivity index (χ3n) is 2.01. The molecule has 2 aromatic heterocycles. The summed E-state index contributed by atoms with van der Waals surface area (Å²) in [5.41, 5.74) is 0.923. The van der Waals surface area contributed by atoms with Crippen molar-refractivity contribution in [3.05, 3.63) is 23.8 Å². The van der Waals surface area contributed by atoms with Crippen LogP contribution in [0, 0.1) is 6.92 Å². The molecular formula is C9H10N4O2. The maximum Gasteiger partial charge on any atom is 0.353 e. The minimum Gasteiger partial charge on any atom is -0.477 e. The molecule has 2 rings (SSSR count). The second-order valence-corrected chi connectivity index (χ2v) is 3.27. The van der Waals surface area contributed by atoms with E-state index >= 15 is 0 Å². The molecular weight excluding hydrogens is 196 g/mol. The molecule has 0 aliphatic rings. The zero-order valence-electron chi connectivity index (χ0n) is 8.35. The monoisotopic (exact) mass is 206 g/mol. The Balaban J connectivity index is 2.45. The Hall–Kier alpha value is -2.11. The Morgan fingerprint density at radius 1 is 1.60 bits per heavy atom. The lowest BCUT2D eigenvalue weighted by Crippen LogP contribution is -1.97. The highest BCUT2D eigenvalue weighted by molar-refractivity contribution is 5.85. The van der Waals surface area contributed by atoms with Gasteiger partial charge < -0.3 is 14.7 Å². The van der Waals surface area contributed by atoms with Crippen molar-refractivity contribution in [2.75, 3.05) is 0 Å². The van der Waals surface area contributed by atoms with Gasteiger partial charge in [-0.05, 0) is 6.92 Å². The first-order valence-corrected chi connectivity index (χ1v) is 4.36. The van der Waals surface area contributed by atoms with Gasteiger partial charge in [-0.1, -0.05) is 0 Å². The average Bonchev–Trinajstić information content (AvgIpc) is 2.71. The Kier molecular flexibility index (Phi) is 2.03. The van der Waals surface area contributed by atoms with Gasteiger partial charge in [0, 0.05) is 13.2 Å². The van der Waals surface area contributed by atoms with Crippen LogP contribution in [-0.2, 0) is 7.05 Å². The van der Waals surface area contributed by atoms with E-state index in [-0.39, 0.29) is 5.69 Å². The van der Waals surface area contributed by atoms with E-state index in [4.69, 9.17) is 5.11 Å². The molecule has 0 atom stereocenters. The van der Waals surface area contributed by atoms with Gasteiger partial charge in [-0.2, -0.15) is 0 Å². The zero-order chi connectivity index (χ0) is 11.0. The number of carboxylic acid groups (broad SMARTS) is 1. The van der Waals surface area contributed by atoms with Crippen molar-refractivity contribution in [3.63, 3.8) is 0 Å². The molecule has 6 heteroatoms. The first kappa shape index (κ1) is 9.45. The molecule has 15 heavy (non-hydrogen) atoms. The van der Waals surface area contributed by atoms with Crippen LogP contribution in [0.5, 0.6) is 0 Å². The number of hydrogen-bond donors (Lipinski definition) is 2. The van der Waals surface area contributed by atoms with Crippen LogP contribution in [-0.4, -0.2) is 30.6 Å². The highest BCUT2D eigenvalue weighted by Gasteiger charge is 2.12. The van der Waals surface area contributed by atoms with Gasteiger partial charge in [0.25, 0.3) is 0 Å². The first-order valence-electron chi connectivity index (χ1n) is 4.36. The Labute approximate surface area is 85.6 Å². The SMILES string of the molecule is Cc1cn(C)c(-c2ncc(C(=O)O)[nH]2)n1. The lowest BCUT2D eigenvalue weighted by molar-refractivity contribution is 0.0691. The van der Waals surface area contributed by atoms with Crippen LogP contribution >= 0.6 is 0 Å². The molecule has 0 aliphatic heterocycles. The van der Waals surface area contributed by atoms with Crippen molar-refractivity contribution in [1.82, 2.24) is 19.5 Å². The summed E-state index contributed by atoms with van der Waals surface area (Å²) >= 11 is 0. The van der Waals surface area contributed by atoms with Gasteiger partial charge in [-0.15, -0.1) is 0 Å². The number of aromatic amines is 1. The number of aromatic nitrogens is 4. The summed E-state index contributed by atoms with van der Waals surface area (Å²) in [6, 6.07) is 0. The minimum absolute atomic E-state index is 0.0608. The molecule has 2 heterocycles. The van der Waals surface area contributed by atoms with Crippen LogP contribution < -0.4 is 0 Å². The van der Waals surface area contributed by atoms with E-state index in [0.29, 0.717) is 11.6 Å². The van der Waals surface area contributed by atoms with Crippen LogP contribution in [0.15, 0.2) is 12.4 Å². The highest BCUT2D eigenvalue weighted by atomic mass is 16.4. The number of nitrogens with zero attached hydrogens (tertiary/aromatic N) is 3. The maximum atomic E-state index is 10.6. The molecule has 0 bridgehead atoms. The quantitative estimate of drug-likeness (QED) is 0.761. The second-order valence-electron chi connectivity index (χ2n) is 3.27. The van der Waals surface area contributed by atoms with Gasteiger partial charge >= 0.3 is 5.97 Å². The molecule has 0 fully saturated rings. The third kappa shape index (κ3) is 1.61. The van der Waals surface area contributed by atoms with E-state index in [1.54, 1.807) is 4.57 Å². The van der Waals surface area contributed by atoms with Crippen molar-refractivity contribution in [1.29, 1.82) is 0 Å². The first-order chi connectivity index (χ1) is 7.08. The van der Waals surface area contributed by atoms with E-state index in [2.05, 4.69) is 15.0 Å². The van der Waals surface area contributed by atoms with Crippen LogP contribution in [0.2, 0.25) is 0 Å². The lowest BCUT2D eigenvalue weighted by Gasteiger charge is -1.95. The number of hydrogen-bond acceptors (Lipinski definition) is 3. The average molecular weight is 206 g/mol. The van der Waals surface area contributed by atoms with E-state index in [1.807, 2.05) is 20.2 Å². The number of aromatic carboxylic acids is 1. The van der Waals surface area contributed by atoms with Crippen molar-refractivity contribution in [2.45, 2.75) is 6.92 Å². The van der Waals surface area contributed by atoms with E-state index in [0.717, 1.165) is 5.69 Å². The predicted octanol–water partition coefficient (Wildman–Crippen LogP) is 0.817. The molecule has 6 nitrogen and oxygen atoms in total. The Morgan fingerprint density at radius 3 is 2.80 bits per heavy atom. The van der Waals surface area contributed by atoms with Crippen LogP contribution in [0.1, 0.15) is 16.2 Å². The van der Waals surface area contributed by atoms with Crippen molar-refractivity contribution < 1.29 is 9.90 Å². The normalized spacial score (nSPS) is 10.5. The van der Waals surface area contributed by atoms with Crippen LogP contribution in [0.4, 0.5) is 0 Å². The molecule has 0 radical (unpaired) electrons. The van der Waals surface area contributed by atoms with Gasteiger partial charge in [-0.3, -0.25) is 0 Å². The Bertz CT molecular complexity index is 512. The second kappa shape index (κ2) is 3.23. The number of H-pyrrole nitrogens is 1. The van der Waals surface area contributed by atoms with Crippen molar-refractivity contribution in [3.8, 4) is 11.6 Å². The molecule has 0 spiro atoms. The van der Waals surface area contributed by atoms with E-state index < -0.39 is 5.97 Å². The number of aryl methyl sites for hydroxylation is 2. The molecule has 78 valence electrons. The summed E-state index contributed by atoms with van der Waals surface area (Å²) in [4.78, 5) is 21.5. The fourth-order valence-corrected chi connectivity index (χ4v) is 1.38. The van der Waals surface area contributed by atoms with Gasteiger partial charge in [0.1, 0.15) is 5.69 Å². The number of nitrogens with one attached hydrogen (secondary N) is 1. The maximum absolute atomic E-state index is 10.6. The molecule has 2 aromatic rings. The number of imidazole rings is 2. The molecule has 0 saturated carbocycles. The number of carboxylic acids is 1. The smallest absolute Gasteiger partial charge is 0.353 e. The molecule has 0 amide bonds. The largest absolute Gasteiger partial charge is 0.477 e. The fraction of sp³-hybridized carbons (Fsp3) is 0.222. The zero-order valence-corrected chi connectivity index (χ0v) is 8.35. The van der Waals surface area contributed by atoms with Gasteiger partial charge in [-0.25, -0.2) is 14.8 Å². The summed E-state index contributed by atoms with van der Waals surface area (Å²) in [5.74, 6) is 0.0580. The highest BCUT2D eigenvalue weighted by Crippen LogP contribution is 2.13. The Morgan fingerprint density at radius 2 is 2.33 bits per heavy atom. The molecule has 0 unspecified atom stereocenters. The van der Waals surface area contributed by atoms with Crippen LogP contribution in [0.3, 0.4) is 0 Å². The van der Waals surface area contributed by atoms with Crippen molar-refractivity contribution >= 4 is 5.97 Å². The number of carbonyl (C=O) groups is 1. The van der Waals surface area contributed by atoms with Gasteiger partial charge in [0.2, 0.25) is 0 Å². The molecule has 0 aromatic carbocycles. The summed E-state index contributed by atoms with van der Waals surface area (Å²) in [5, 5.41) is 8.72. The standard InChI is InChI=1S/C9H10N4O2/c1-5-4-13(2)8(11-5)7-10-3-6(12-7)9(14)15/h3-4H,1-2H3,(H,10,12)(H,14,15). The topological polar surface area (TPSA) is 83.8 Å². The lowest BCUT2D eigenvalue weighted by atomic mass is 10.5. The molecule has 2 N–H and O–H groups in total. The van der Waals surface area contributed by atoms with Gasteiger partial charge in [0.15, 0.2) is 11.6 Å². The summed E-state index contributed by atoms with van der Waals surface area (Å²) in [6.45, 7) is 1.87. The summed E-state index contributed by atoms with van der Waals surface area (Å²) < 4.78 is 1.79. The third-order valence-corrected chi connectivity index (χ3v) is 2.01. The van der Waals surface area contributed by atoms with Crippen LogP contribution in [0.25, 0.3) is 11.6 Å². The minimum atomic E-state index is -1.03. The summed E-state index contributed by atoms with van der Waals surface area (Å²) in [6.07, 6.45) is 3.12. The number of rotatable bonds is 2.